The van der Waals surface area contributed by atoms with Crippen molar-refractivity contribution in [3.05, 3.63) is 29.8 Å². The van der Waals surface area contributed by atoms with E-state index in [0.717, 1.165) is 24.3 Å². The molecule has 1 saturated heterocycles. The van der Waals surface area contributed by atoms with Gasteiger partial charge in [-0.15, -0.1) is 0 Å². The summed E-state index contributed by atoms with van der Waals surface area (Å²) in [6.45, 7) is 3.68. The molecule has 5 heteroatoms. The van der Waals surface area contributed by atoms with Gasteiger partial charge < -0.3 is 16.4 Å². The minimum atomic E-state index is -0.359. The Kier molecular flexibility index (Phi) is 4.16. The molecule has 0 aromatic heterocycles. The van der Waals surface area contributed by atoms with Gasteiger partial charge >= 0.3 is 0 Å². The average Bonchev–Trinajstić information content (AvgIpc) is 2.77. The lowest BCUT2D eigenvalue weighted by Gasteiger charge is -2.14. The fourth-order valence-electron chi connectivity index (χ4n) is 2.30. The lowest BCUT2D eigenvalue weighted by molar-refractivity contribution is -0.120. The molecule has 1 heterocycles. The van der Waals surface area contributed by atoms with Crippen molar-refractivity contribution in [1.29, 1.82) is 0 Å². The maximum atomic E-state index is 12.1. The molecule has 1 aromatic carbocycles. The maximum Gasteiger partial charge on any atom is 0.229 e. The number of anilines is 1. The topological polar surface area (TPSA) is 84.2 Å². The molecule has 1 aliphatic heterocycles. The molecule has 2 atom stereocenters. The van der Waals surface area contributed by atoms with E-state index in [1.54, 1.807) is 24.3 Å². The Bertz CT molecular complexity index is 470. The fourth-order valence-corrected chi connectivity index (χ4v) is 2.30. The maximum absolute atomic E-state index is 12.1. The number of carbonyl (C=O) groups is 2. The van der Waals surface area contributed by atoms with Crippen molar-refractivity contribution in [3.8, 4) is 0 Å². The summed E-state index contributed by atoms with van der Waals surface area (Å²) in [5, 5.41) is 6.11. The summed E-state index contributed by atoms with van der Waals surface area (Å²) in [5.41, 5.74) is 6.72. The van der Waals surface area contributed by atoms with Crippen molar-refractivity contribution in [2.45, 2.75) is 13.3 Å². The SMILES string of the molecule is C[C@@H]1CNC[C@H]1C(=O)Nc1ccc(CC(N)=O)cc1. The number of hydrogen-bond acceptors (Lipinski definition) is 3. The number of benzene rings is 1. The first-order valence-electron chi connectivity index (χ1n) is 6.45. The van der Waals surface area contributed by atoms with Gasteiger partial charge in [0, 0.05) is 12.2 Å². The normalized spacial score (nSPS) is 22.2. The van der Waals surface area contributed by atoms with Crippen LogP contribution in [-0.4, -0.2) is 24.9 Å². The summed E-state index contributed by atoms with van der Waals surface area (Å²) in [7, 11) is 0. The number of rotatable bonds is 4. The Morgan fingerprint density at radius 3 is 2.53 bits per heavy atom. The van der Waals surface area contributed by atoms with E-state index >= 15 is 0 Å². The van der Waals surface area contributed by atoms with E-state index < -0.39 is 0 Å². The highest BCUT2D eigenvalue weighted by molar-refractivity contribution is 5.93. The molecule has 2 amide bonds. The third kappa shape index (κ3) is 3.54. The van der Waals surface area contributed by atoms with Crippen LogP contribution in [0.25, 0.3) is 0 Å². The number of amides is 2. The van der Waals surface area contributed by atoms with Crippen LogP contribution < -0.4 is 16.4 Å². The van der Waals surface area contributed by atoms with Crippen LogP contribution in [-0.2, 0) is 16.0 Å². The standard InChI is InChI=1S/C14H19N3O2/c1-9-7-16-8-12(9)14(19)17-11-4-2-10(3-5-11)6-13(15)18/h2-5,9,12,16H,6-8H2,1H3,(H2,15,18)(H,17,19)/t9-,12-/m1/s1. The minimum absolute atomic E-state index is 0.0188. The van der Waals surface area contributed by atoms with Gasteiger partial charge in [0.05, 0.1) is 12.3 Å². The molecule has 0 radical (unpaired) electrons. The molecule has 0 aliphatic carbocycles. The molecule has 0 unspecified atom stereocenters. The number of nitrogens with one attached hydrogen (secondary N) is 2. The van der Waals surface area contributed by atoms with Gasteiger partial charge in [0.2, 0.25) is 11.8 Å². The predicted molar refractivity (Wildman–Crippen MR) is 73.5 cm³/mol. The number of hydrogen-bond donors (Lipinski definition) is 3. The number of nitrogens with two attached hydrogens (primary N) is 1. The summed E-state index contributed by atoms with van der Waals surface area (Å²) in [4.78, 5) is 22.8. The van der Waals surface area contributed by atoms with Crippen molar-refractivity contribution in [2.24, 2.45) is 17.6 Å². The van der Waals surface area contributed by atoms with Gasteiger partial charge in [0.25, 0.3) is 0 Å². The number of carbonyl (C=O) groups excluding carboxylic acids is 2. The summed E-state index contributed by atoms with van der Waals surface area (Å²) >= 11 is 0. The lowest BCUT2D eigenvalue weighted by atomic mass is 9.97. The largest absolute Gasteiger partial charge is 0.369 e. The number of primary amides is 1. The fraction of sp³-hybridized carbons (Fsp3) is 0.429. The predicted octanol–water partition coefficient (Wildman–Crippen LogP) is 0.508. The molecule has 102 valence electrons. The van der Waals surface area contributed by atoms with E-state index in [9.17, 15) is 9.59 Å². The van der Waals surface area contributed by atoms with Crippen LogP contribution in [0.15, 0.2) is 24.3 Å². The highest BCUT2D eigenvalue weighted by atomic mass is 16.2. The molecule has 4 N–H and O–H groups in total. The molecule has 19 heavy (non-hydrogen) atoms. The molecular formula is C14H19N3O2. The van der Waals surface area contributed by atoms with E-state index in [1.165, 1.54) is 0 Å². The molecular weight excluding hydrogens is 242 g/mol. The molecule has 0 bridgehead atoms. The molecule has 2 rings (SSSR count). The van der Waals surface area contributed by atoms with E-state index in [2.05, 4.69) is 17.6 Å². The van der Waals surface area contributed by atoms with Crippen LogP contribution in [0, 0.1) is 11.8 Å². The average molecular weight is 261 g/mol. The monoisotopic (exact) mass is 261 g/mol. The Morgan fingerprint density at radius 1 is 1.32 bits per heavy atom. The van der Waals surface area contributed by atoms with Gasteiger partial charge in [0.1, 0.15) is 0 Å². The van der Waals surface area contributed by atoms with E-state index in [1.807, 2.05) is 0 Å². The van der Waals surface area contributed by atoms with Crippen LogP contribution >= 0.6 is 0 Å². The Labute approximate surface area is 112 Å². The van der Waals surface area contributed by atoms with E-state index in [-0.39, 0.29) is 24.2 Å². The van der Waals surface area contributed by atoms with Crippen molar-refractivity contribution in [2.75, 3.05) is 18.4 Å². The second-order valence-electron chi connectivity index (χ2n) is 5.07. The highest BCUT2D eigenvalue weighted by Gasteiger charge is 2.29. The lowest BCUT2D eigenvalue weighted by Crippen LogP contribution is -2.27. The van der Waals surface area contributed by atoms with Crippen molar-refractivity contribution in [1.82, 2.24) is 5.32 Å². The molecule has 0 spiro atoms. The molecule has 0 saturated carbocycles. The second-order valence-corrected chi connectivity index (χ2v) is 5.07. The van der Waals surface area contributed by atoms with Crippen LogP contribution in [0.2, 0.25) is 0 Å². The molecule has 1 fully saturated rings. The molecule has 1 aliphatic rings. The van der Waals surface area contributed by atoms with Gasteiger partial charge in [-0.05, 0) is 30.2 Å². The van der Waals surface area contributed by atoms with Gasteiger partial charge in [-0.3, -0.25) is 9.59 Å². The zero-order chi connectivity index (χ0) is 13.8. The molecule has 1 aromatic rings. The van der Waals surface area contributed by atoms with Gasteiger partial charge in [-0.1, -0.05) is 19.1 Å². The van der Waals surface area contributed by atoms with Gasteiger partial charge in [-0.25, -0.2) is 0 Å². The van der Waals surface area contributed by atoms with Crippen molar-refractivity contribution in [3.63, 3.8) is 0 Å². The summed E-state index contributed by atoms with van der Waals surface area (Å²) in [5.74, 6) is 0.0576. The third-order valence-corrected chi connectivity index (χ3v) is 3.45. The van der Waals surface area contributed by atoms with Gasteiger partial charge in [0.15, 0.2) is 0 Å². The smallest absolute Gasteiger partial charge is 0.229 e. The van der Waals surface area contributed by atoms with Crippen molar-refractivity contribution < 1.29 is 9.59 Å². The Balaban J connectivity index is 1.95. The summed E-state index contributed by atoms with van der Waals surface area (Å²) in [6, 6.07) is 7.19. The minimum Gasteiger partial charge on any atom is -0.369 e. The third-order valence-electron chi connectivity index (χ3n) is 3.45. The quantitative estimate of drug-likeness (QED) is 0.738. The zero-order valence-corrected chi connectivity index (χ0v) is 11.0. The van der Waals surface area contributed by atoms with Crippen LogP contribution in [0.4, 0.5) is 5.69 Å². The second kappa shape index (κ2) is 5.84. The Morgan fingerprint density at radius 2 is 2.00 bits per heavy atom. The zero-order valence-electron chi connectivity index (χ0n) is 11.0. The summed E-state index contributed by atoms with van der Waals surface area (Å²) in [6.07, 6.45) is 0.220. The molecule has 5 nitrogen and oxygen atoms in total. The first-order chi connectivity index (χ1) is 9.06. The first-order valence-corrected chi connectivity index (χ1v) is 6.45. The van der Waals surface area contributed by atoms with Crippen LogP contribution in [0.1, 0.15) is 12.5 Å². The van der Waals surface area contributed by atoms with Crippen LogP contribution in [0.5, 0.6) is 0 Å². The highest BCUT2D eigenvalue weighted by Crippen LogP contribution is 2.18. The first kappa shape index (κ1) is 13.5. The van der Waals surface area contributed by atoms with E-state index in [4.69, 9.17) is 5.73 Å². The summed E-state index contributed by atoms with van der Waals surface area (Å²) < 4.78 is 0. The van der Waals surface area contributed by atoms with Gasteiger partial charge in [-0.2, -0.15) is 0 Å². The van der Waals surface area contributed by atoms with Crippen LogP contribution in [0.3, 0.4) is 0 Å². The van der Waals surface area contributed by atoms with Crippen molar-refractivity contribution >= 4 is 17.5 Å². The van der Waals surface area contributed by atoms with E-state index in [0.29, 0.717) is 5.92 Å². The Hall–Kier alpha value is -1.88.